The highest BCUT2D eigenvalue weighted by Gasteiger charge is 2.13. The van der Waals surface area contributed by atoms with Gasteiger partial charge in [0.15, 0.2) is 5.16 Å². The van der Waals surface area contributed by atoms with Crippen LogP contribution in [0.2, 0.25) is 5.02 Å². The number of thiophene rings is 1. The second kappa shape index (κ2) is 5.73. The van der Waals surface area contributed by atoms with Crippen molar-refractivity contribution in [3.05, 3.63) is 40.0 Å². The van der Waals surface area contributed by atoms with Crippen LogP contribution in [-0.4, -0.2) is 14.8 Å². The summed E-state index contributed by atoms with van der Waals surface area (Å²) >= 11 is 9.78. The van der Waals surface area contributed by atoms with Crippen LogP contribution in [0, 0.1) is 0 Å². The first-order valence-corrected chi connectivity index (χ1v) is 8.25. The number of benzene rings is 1. The summed E-state index contributed by atoms with van der Waals surface area (Å²) in [5.74, 6) is 1.57. The standard InChI is InChI=1S/C13H13ClN4S2/c1-18-11(6-15)16-17-13(18)19-7-10-12(14)8-4-2-3-5-9(8)20-10/h2-5H,6-7,15H2,1H3. The minimum absolute atomic E-state index is 0.397. The molecular formula is C13H13ClN4S2. The molecule has 0 bridgehead atoms. The molecule has 0 aliphatic rings. The first-order chi connectivity index (χ1) is 9.70. The zero-order valence-corrected chi connectivity index (χ0v) is 13.2. The van der Waals surface area contributed by atoms with Gasteiger partial charge in [-0.05, 0) is 6.07 Å². The van der Waals surface area contributed by atoms with E-state index in [0.717, 1.165) is 32.0 Å². The fourth-order valence-electron chi connectivity index (χ4n) is 1.94. The highest BCUT2D eigenvalue weighted by molar-refractivity contribution is 7.98. The molecule has 20 heavy (non-hydrogen) atoms. The topological polar surface area (TPSA) is 56.7 Å². The molecule has 4 nitrogen and oxygen atoms in total. The number of thioether (sulfide) groups is 1. The molecule has 0 unspecified atom stereocenters. The summed E-state index contributed by atoms with van der Waals surface area (Å²) in [5.41, 5.74) is 5.59. The molecule has 0 saturated carbocycles. The van der Waals surface area contributed by atoms with E-state index in [4.69, 9.17) is 17.3 Å². The number of fused-ring (bicyclic) bond motifs is 1. The molecule has 2 heterocycles. The normalized spacial score (nSPS) is 11.3. The Kier molecular flexibility index (Phi) is 3.98. The first-order valence-electron chi connectivity index (χ1n) is 6.07. The van der Waals surface area contributed by atoms with Crippen LogP contribution in [0.25, 0.3) is 10.1 Å². The van der Waals surface area contributed by atoms with Crippen molar-refractivity contribution in [1.29, 1.82) is 0 Å². The average molecular weight is 325 g/mol. The van der Waals surface area contributed by atoms with Gasteiger partial charge >= 0.3 is 0 Å². The van der Waals surface area contributed by atoms with E-state index >= 15 is 0 Å². The minimum Gasteiger partial charge on any atom is -0.324 e. The summed E-state index contributed by atoms with van der Waals surface area (Å²) in [6, 6.07) is 8.18. The van der Waals surface area contributed by atoms with E-state index in [1.165, 1.54) is 4.70 Å². The Balaban J connectivity index is 1.83. The van der Waals surface area contributed by atoms with Crippen LogP contribution >= 0.6 is 34.7 Å². The Hall–Kier alpha value is -1.08. The average Bonchev–Trinajstić information content (AvgIpc) is 2.98. The Morgan fingerprint density at radius 3 is 2.85 bits per heavy atom. The van der Waals surface area contributed by atoms with Gasteiger partial charge in [0.25, 0.3) is 0 Å². The summed E-state index contributed by atoms with van der Waals surface area (Å²) in [6.07, 6.45) is 0. The second-order valence-electron chi connectivity index (χ2n) is 4.29. The van der Waals surface area contributed by atoms with Gasteiger partial charge < -0.3 is 10.3 Å². The summed E-state index contributed by atoms with van der Waals surface area (Å²) in [6.45, 7) is 0.397. The van der Waals surface area contributed by atoms with Gasteiger partial charge in [0, 0.05) is 27.8 Å². The highest BCUT2D eigenvalue weighted by atomic mass is 35.5. The molecule has 3 rings (SSSR count). The summed E-state index contributed by atoms with van der Waals surface area (Å²) in [4.78, 5) is 1.16. The molecule has 0 aliphatic heterocycles. The number of nitrogens with two attached hydrogens (primary N) is 1. The van der Waals surface area contributed by atoms with E-state index in [0.29, 0.717) is 6.54 Å². The number of aromatic nitrogens is 3. The zero-order chi connectivity index (χ0) is 14.1. The van der Waals surface area contributed by atoms with Crippen molar-refractivity contribution in [2.45, 2.75) is 17.5 Å². The summed E-state index contributed by atoms with van der Waals surface area (Å²) in [7, 11) is 1.93. The lowest BCUT2D eigenvalue weighted by atomic mass is 10.2. The van der Waals surface area contributed by atoms with E-state index in [2.05, 4.69) is 22.3 Å². The van der Waals surface area contributed by atoms with Crippen LogP contribution in [0.15, 0.2) is 29.4 Å². The molecule has 0 fully saturated rings. The Labute approximate surface area is 129 Å². The van der Waals surface area contributed by atoms with Gasteiger partial charge in [-0.2, -0.15) is 0 Å². The van der Waals surface area contributed by atoms with Crippen LogP contribution in [0.1, 0.15) is 10.7 Å². The van der Waals surface area contributed by atoms with Crippen LogP contribution in [0.3, 0.4) is 0 Å². The Morgan fingerprint density at radius 1 is 1.35 bits per heavy atom. The van der Waals surface area contributed by atoms with Crippen molar-refractivity contribution in [2.24, 2.45) is 12.8 Å². The van der Waals surface area contributed by atoms with Crippen LogP contribution in [-0.2, 0) is 19.3 Å². The third-order valence-electron chi connectivity index (χ3n) is 3.04. The third kappa shape index (κ3) is 2.44. The van der Waals surface area contributed by atoms with Crippen molar-refractivity contribution < 1.29 is 0 Å². The maximum atomic E-state index is 6.43. The van der Waals surface area contributed by atoms with Gasteiger partial charge in [-0.3, -0.25) is 0 Å². The monoisotopic (exact) mass is 324 g/mol. The van der Waals surface area contributed by atoms with E-state index in [1.807, 2.05) is 23.7 Å². The molecule has 2 aromatic heterocycles. The lowest BCUT2D eigenvalue weighted by Gasteiger charge is -2.01. The highest BCUT2D eigenvalue weighted by Crippen LogP contribution is 2.38. The van der Waals surface area contributed by atoms with Gasteiger partial charge in [-0.15, -0.1) is 21.5 Å². The fraction of sp³-hybridized carbons (Fsp3) is 0.231. The molecule has 0 amide bonds. The molecule has 0 saturated heterocycles. The Bertz CT molecular complexity index is 750. The quantitative estimate of drug-likeness (QED) is 0.747. The zero-order valence-electron chi connectivity index (χ0n) is 10.8. The largest absolute Gasteiger partial charge is 0.324 e. The number of hydrogen-bond donors (Lipinski definition) is 1. The smallest absolute Gasteiger partial charge is 0.191 e. The van der Waals surface area contributed by atoms with Crippen LogP contribution < -0.4 is 5.73 Å². The van der Waals surface area contributed by atoms with E-state index in [1.54, 1.807) is 23.1 Å². The molecule has 1 aromatic carbocycles. The Morgan fingerprint density at radius 2 is 2.15 bits per heavy atom. The molecule has 3 aromatic rings. The predicted molar refractivity (Wildman–Crippen MR) is 85.3 cm³/mol. The van der Waals surface area contributed by atoms with Crippen molar-refractivity contribution in [1.82, 2.24) is 14.8 Å². The van der Waals surface area contributed by atoms with Crippen molar-refractivity contribution >= 4 is 44.8 Å². The molecular weight excluding hydrogens is 312 g/mol. The molecule has 0 radical (unpaired) electrons. The lowest BCUT2D eigenvalue weighted by Crippen LogP contribution is -2.05. The first kappa shape index (κ1) is 13.9. The maximum Gasteiger partial charge on any atom is 0.191 e. The van der Waals surface area contributed by atoms with Crippen molar-refractivity contribution in [3.63, 3.8) is 0 Å². The lowest BCUT2D eigenvalue weighted by molar-refractivity contribution is 0.734. The van der Waals surface area contributed by atoms with Gasteiger partial charge in [-0.1, -0.05) is 41.6 Å². The third-order valence-corrected chi connectivity index (χ3v) is 5.99. The maximum absolute atomic E-state index is 6.43. The molecule has 2 N–H and O–H groups in total. The van der Waals surface area contributed by atoms with Crippen LogP contribution in [0.4, 0.5) is 0 Å². The number of halogens is 1. The SMILES string of the molecule is Cn1c(CN)nnc1SCc1sc2ccccc2c1Cl. The predicted octanol–water partition coefficient (Wildman–Crippen LogP) is 3.43. The second-order valence-corrected chi connectivity index (χ2v) is 6.74. The number of rotatable bonds is 4. The van der Waals surface area contributed by atoms with Gasteiger partial charge in [0.2, 0.25) is 0 Å². The molecule has 0 atom stereocenters. The number of nitrogens with zero attached hydrogens (tertiary/aromatic N) is 3. The van der Waals surface area contributed by atoms with Crippen LogP contribution in [0.5, 0.6) is 0 Å². The molecule has 0 aliphatic carbocycles. The summed E-state index contributed by atoms with van der Waals surface area (Å²) < 4.78 is 3.14. The fourth-order valence-corrected chi connectivity index (χ4v) is 4.53. The van der Waals surface area contributed by atoms with E-state index in [-0.39, 0.29) is 0 Å². The molecule has 7 heteroatoms. The van der Waals surface area contributed by atoms with Crippen molar-refractivity contribution in [3.8, 4) is 0 Å². The van der Waals surface area contributed by atoms with Crippen molar-refractivity contribution in [2.75, 3.05) is 0 Å². The molecule has 104 valence electrons. The molecule has 0 spiro atoms. The summed E-state index contributed by atoms with van der Waals surface area (Å²) in [5, 5.41) is 11.0. The number of hydrogen-bond acceptors (Lipinski definition) is 5. The van der Waals surface area contributed by atoms with E-state index in [9.17, 15) is 0 Å². The van der Waals surface area contributed by atoms with Gasteiger partial charge in [0.05, 0.1) is 11.6 Å². The minimum atomic E-state index is 0.397. The van der Waals surface area contributed by atoms with Gasteiger partial charge in [-0.25, -0.2) is 0 Å². The van der Waals surface area contributed by atoms with Gasteiger partial charge in [0.1, 0.15) is 5.82 Å². The van der Waals surface area contributed by atoms with E-state index < -0.39 is 0 Å².